The van der Waals surface area contributed by atoms with Gasteiger partial charge in [0.2, 0.25) is 0 Å². The number of likely N-dealkylation sites (tertiary alicyclic amines) is 1. The lowest BCUT2D eigenvalue weighted by atomic mass is 10.0. The molecule has 1 saturated heterocycles. The van der Waals surface area contributed by atoms with Crippen LogP contribution in [0.15, 0.2) is 36.4 Å². The summed E-state index contributed by atoms with van der Waals surface area (Å²) in [5.74, 6) is -0.596. The average molecular weight is 440 g/mol. The number of rotatable bonds is 3. The van der Waals surface area contributed by atoms with Crippen molar-refractivity contribution >= 4 is 44.2 Å². The first kappa shape index (κ1) is 20.0. The Balaban J connectivity index is 1.49. The van der Waals surface area contributed by atoms with E-state index in [4.69, 9.17) is 11.6 Å². The van der Waals surface area contributed by atoms with Crippen molar-refractivity contribution in [2.45, 2.75) is 25.6 Å². The monoisotopic (exact) mass is 439 g/mol. The number of amides is 1. The zero-order valence-corrected chi connectivity index (χ0v) is 17.0. The molecule has 9 heteroatoms. The highest BCUT2D eigenvalue weighted by Gasteiger charge is 2.37. The van der Waals surface area contributed by atoms with Crippen molar-refractivity contribution in [3.8, 4) is 0 Å². The van der Waals surface area contributed by atoms with Crippen LogP contribution in [0.25, 0.3) is 10.2 Å². The second-order valence-corrected chi connectivity index (χ2v) is 8.53. The number of alkyl halides is 3. The lowest BCUT2D eigenvalue weighted by Gasteiger charge is -2.20. The molecule has 1 amide bonds. The number of aryl methyl sites for hydroxylation is 1. The molecule has 2 heterocycles. The van der Waals surface area contributed by atoms with Crippen molar-refractivity contribution in [3.05, 3.63) is 58.1 Å². The summed E-state index contributed by atoms with van der Waals surface area (Å²) < 4.78 is 40.9. The topological polar surface area (TPSA) is 45.2 Å². The van der Waals surface area contributed by atoms with Crippen LogP contribution < -0.4 is 5.32 Å². The lowest BCUT2D eigenvalue weighted by molar-refractivity contribution is -0.138. The molecule has 152 valence electrons. The van der Waals surface area contributed by atoms with E-state index in [2.05, 4.69) is 10.3 Å². The van der Waals surface area contributed by atoms with Crippen LogP contribution in [0, 0.1) is 6.92 Å². The van der Waals surface area contributed by atoms with E-state index in [0.29, 0.717) is 35.2 Å². The van der Waals surface area contributed by atoms with Crippen LogP contribution >= 0.6 is 22.9 Å². The van der Waals surface area contributed by atoms with Crippen molar-refractivity contribution < 1.29 is 18.0 Å². The fourth-order valence-electron chi connectivity index (χ4n) is 3.45. The Hall–Kier alpha value is -2.32. The highest BCUT2D eigenvalue weighted by molar-refractivity contribution is 7.22. The zero-order chi connectivity index (χ0) is 20.8. The minimum absolute atomic E-state index is 0.0749. The Morgan fingerprint density at radius 3 is 2.83 bits per heavy atom. The normalized spacial score (nSPS) is 17.1. The minimum Gasteiger partial charge on any atom is -0.357 e. The van der Waals surface area contributed by atoms with Gasteiger partial charge in [-0.2, -0.15) is 13.2 Å². The summed E-state index contributed by atoms with van der Waals surface area (Å²) in [6.07, 6.45) is -3.94. The summed E-state index contributed by atoms with van der Waals surface area (Å²) in [4.78, 5) is 18.8. The quantitative estimate of drug-likeness (QED) is 0.577. The fourth-order valence-corrected chi connectivity index (χ4v) is 4.54. The summed E-state index contributed by atoms with van der Waals surface area (Å²) in [5.41, 5.74) is 0.203. The molecular formula is C20H17ClF3N3OS. The van der Waals surface area contributed by atoms with Crippen LogP contribution in [0.1, 0.15) is 27.9 Å². The maximum Gasteiger partial charge on any atom is 0.417 e. The average Bonchev–Trinajstić information content (AvgIpc) is 3.26. The number of fused-ring (bicyclic) bond motifs is 1. The maximum atomic E-state index is 13.3. The van der Waals surface area contributed by atoms with E-state index in [1.807, 2.05) is 6.07 Å². The van der Waals surface area contributed by atoms with Crippen LogP contribution in [0.3, 0.4) is 0 Å². The first-order valence-corrected chi connectivity index (χ1v) is 10.2. The zero-order valence-electron chi connectivity index (χ0n) is 15.4. The van der Waals surface area contributed by atoms with Gasteiger partial charge in [-0.25, -0.2) is 4.98 Å². The van der Waals surface area contributed by atoms with Gasteiger partial charge >= 0.3 is 6.18 Å². The van der Waals surface area contributed by atoms with E-state index in [9.17, 15) is 18.0 Å². The van der Waals surface area contributed by atoms with E-state index in [-0.39, 0.29) is 11.6 Å². The third-order valence-electron chi connectivity index (χ3n) is 4.86. The van der Waals surface area contributed by atoms with Crippen molar-refractivity contribution in [2.75, 3.05) is 18.4 Å². The molecule has 0 bridgehead atoms. The molecule has 1 atom stereocenters. The molecule has 1 N–H and O–H groups in total. The van der Waals surface area contributed by atoms with Gasteiger partial charge in [-0.3, -0.25) is 4.79 Å². The molecule has 1 aromatic heterocycles. The molecule has 1 aliphatic heterocycles. The van der Waals surface area contributed by atoms with Crippen LogP contribution in [0.2, 0.25) is 5.02 Å². The Kier molecular flexibility index (Phi) is 5.16. The van der Waals surface area contributed by atoms with Crippen LogP contribution in [0.5, 0.6) is 0 Å². The van der Waals surface area contributed by atoms with E-state index in [0.717, 1.165) is 16.3 Å². The van der Waals surface area contributed by atoms with Gasteiger partial charge in [0.05, 0.1) is 21.3 Å². The summed E-state index contributed by atoms with van der Waals surface area (Å²) in [7, 11) is 0. The number of carbonyl (C=O) groups is 1. The molecule has 0 saturated carbocycles. The van der Waals surface area contributed by atoms with Gasteiger partial charge in [0.1, 0.15) is 0 Å². The summed E-state index contributed by atoms with van der Waals surface area (Å²) >= 11 is 7.46. The third-order valence-corrected chi connectivity index (χ3v) is 6.07. The van der Waals surface area contributed by atoms with Gasteiger partial charge < -0.3 is 10.2 Å². The lowest BCUT2D eigenvalue weighted by Crippen LogP contribution is -2.33. The molecule has 0 spiro atoms. The predicted octanol–water partition coefficient (Wildman–Crippen LogP) is 5.60. The van der Waals surface area contributed by atoms with Crippen molar-refractivity contribution in [3.63, 3.8) is 0 Å². The second kappa shape index (κ2) is 7.50. The first-order valence-electron chi connectivity index (χ1n) is 9.00. The minimum atomic E-state index is -4.57. The van der Waals surface area contributed by atoms with Gasteiger partial charge in [0.25, 0.3) is 5.91 Å². The largest absolute Gasteiger partial charge is 0.417 e. The fraction of sp³-hybridized carbons (Fsp3) is 0.300. The molecule has 3 aromatic rings. The van der Waals surface area contributed by atoms with E-state index in [1.165, 1.54) is 28.4 Å². The van der Waals surface area contributed by atoms with Crippen molar-refractivity contribution in [1.29, 1.82) is 0 Å². The molecule has 4 nitrogen and oxygen atoms in total. The second-order valence-electron chi connectivity index (χ2n) is 7.06. The SMILES string of the molecule is Cc1ccc(C(F)(F)F)c(C(=O)N2CC[C@@H](Nc3nc4cc(Cl)ccc4s3)C2)c1. The maximum absolute atomic E-state index is 13.3. The molecular weight excluding hydrogens is 423 g/mol. The van der Waals surface area contributed by atoms with Gasteiger partial charge in [0, 0.05) is 24.2 Å². The van der Waals surface area contributed by atoms with Gasteiger partial charge in [-0.05, 0) is 43.7 Å². The molecule has 1 aliphatic rings. The molecule has 0 radical (unpaired) electrons. The van der Waals surface area contributed by atoms with E-state index < -0.39 is 17.6 Å². The molecule has 4 rings (SSSR count). The summed E-state index contributed by atoms with van der Waals surface area (Å²) in [6.45, 7) is 2.38. The summed E-state index contributed by atoms with van der Waals surface area (Å²) in [6, 6.07) is 9.04. The third kappa shape index (κ3) is 4.18. The standard InChI is InChI=1S/C20H17ClF3N3OS/c1-11-2-4-15(20(22,23)24)14(8-11)18(28)27-7-6-13(10-27)25-19-26-16-9-12(21)3-5-17(16)29-19/h2-5,8-9,13H,6-7,10H2,1H3,(H,25,26)/t13-/m1/s1. The predicted molar refractivity (Wildman–Crippen MR) is 109 cm³/mol. The molecule has 29 heavy (non-hydrogen) atoms. The number of aromatic nitrogens is 1. The molecule has 0 unspecified atom stereocenters. The molecule has 1 fully saturated rings. The molecule has 2 aromatic carbocycles. The first-order chi connectivity index (χ1) is 13.7. The number of benzene rings is 2. The number of thiazole rings is 1. The number of anilines is 1. The van der Waals surface area contributed by atoms with Gasteiger partial charge in [-0.15, -0.1) is 0 Å². The Morgan fingerprint density at radius 2 is 2.07 bits per heavy atom. The smallest absolute Gasteiger partial charge is 0.357 e. The van der Waals surface area contributed by atoms with Gasteiger partial charge in [0.15, 0.2) is 5.13 Å². The van der Waals surface area contributed by atoms with Crippen LogP contribution in [-0.4, -0.2) is 34.9 Å². The van der Waals surface area contributed by atoms with Crippen molar-refractivity contribution in [1.82, 2.24) is 9.88 Å². The van der Waals surface area contributed by atoms with Crippen LogP contribution in [0.4, 0.5) is 18.3 Å². The number of nitrogens with zero attached hydrogens (tertiary/aromatic N) is 2. The number of hydrogen-bond acceptors (Lipinski definition) is 4. The number of halogens is 4. The Morgan fingerprint density at radius 1 is 1.28 bits per heavy atom. The number of hydrogen-bond donors (Lipinski definition) is 1. The highest BCUT2D eigenvalue weighted by Crippen LogP contribution is 2.34. The van der Waals surface area contributed by atoms with E-state index >= 15 is 0 Å². The van der Waals surface area contributed by atoms with Crippen molar-refractivity contribution in [2.24, 2.45) is 0 Å². The Bertz CT molecular complexity index is 1080. The highest BCUT2D eigenvalue weighted by atomic mass is 35.5. The Labute approximate surface area is 174 Å². The molecule has 0 aliphatic carbocycles. The number of carbonyl (C=O) groups excluding carboxylic acids is 1. The summed E-state index contributed by atoms with van der Waals surface area (Å²) in [5, 5.41) is 4.59. The van der Waals surface area contributed by atoms with E-state index in [1.54, 1.807) is 19.1 Å². The van der Waals surface area contributed by atoms with Crippen LogP contribution in [-0.2, 0) is 6.18 Å². The number of nitrogens with one attached hydrogen (secondary N) is 1. The van der Waals surface area contributed by atoms with Gasteiger partial charge in [-0.1, -0.05) is 34.6 Å².